The van der Waals surface area contributed by atoms with Gasteiger partial charge in [-0.2, -0.15) is 0 Å². The second-order valence-corrected chi connectivity index (χ2v) is 6.85. The van der Waals surface area contributed by atoms with Gasteiger partial charge in [-0.15, -0.1) is 10.2 Å². The van der Waals surface area contributed by atoms with E-state index in [2.05, 4.69) is 20.3 Å². The number of rotatable bonds is 3. The van der Waals surface area contributed by atoms with Crippen LogP contribution in [0.4, 0.5) is 0 Å². The molecule has 0 amide bonds. The van der Waals surface area contributed by atoms with Gasteiger partial charge in [-0.05, 0) is 37.5 Å². The van der Waals surface area contributed by atoms with Gasteiger partial charge in [0, 0.05) is 17.7 Å². The zero-order valence-corrected chi connectivity index (χ0v) is 14.5. The van der Waals surface area contributed by atoms with E-state index < -0.39 is 0 Å². The Kier molecular flexibility index (Phi) is 3.55. The number of aryl methyl sites for hydroxylation is 1. The summed E-state index contributed by atoms with van der Waals surface area (Å²) in [6.45, 7) is 2.03. The molecule has 26 heavy (non-hydrogen) atoms. The lowest BCUT2D eigenvalue weighted by molar-refractivity contribution is 0.430. The molecule has 0 spiro atoms. The number of hydrogen-bond acceptors (Lipinski definition) is 6. The van der Waals surface area contributed by atoms with Gasteiger partial charge in [0.05, 0.1) is 16.6 Å². The lowest BCUT2D eigenvalue weighted by Gasteiger charge is -2.04. The molecular formula is C20H18N4O2. The molecule has 3 aromatic heterocycles. The Labute approximate surface area is 150 Å². The summed E-state index contributed by atoms with van der Waals surface area (Å²) < 4.78 is 11.3. The Hall–Kier alpha value is -3.02. The van der Waals surface area contributed by atoms with Crippen LogP contribution in [0.3, 0.4) is 0 Å². The first-order valence-corrected chi connectivity index (χ1v) is 8.95. The summed E-state index contributed by atoms with van der Waals surface area (Å²) in [6, 6.07) is 9.96. The number of nitrogens with zero attached hydrogens (tertiary/aromatic N) is 4. The Bertz CT molecular complexity index is 1080. The quantitative estimate of drug-likeness (QED) is 0.525. The molecule has 0 bridgehead atoms. The Morgan fingerprint density at radius 3 is 2.69 bits per heavy atom. The van der Waals surface area contributed by atoms with Crippen molar-refractivity contribution < 1.29 is 8.94 Å². The van der Waals surface area contributed by atoms with Gasteiger partial charge in [0.1, 0.15) is 0 Å². The minimum atomic E-state index is 0.455. The Balaban J connectivity index is 1.55. The van der Waals surface area contributed by atoms with Gasteiger partial charge < -0.3 is 8.94 Å². The van der Waals surface area contributed by atoms with E-state index in [0.717, 1.165) is 40.6 Å². The van der Waals surface area contributed by atoms with Crippen LogP contribution in [-0.4, -0.2) is 20.3 Å². The third-order valence-electron chi connectivity index (χ3n) is 5.15. The van der Waals surface area contributed by atoms with E-state index in [1.165, 1.54) is 12.8 Å². The molecule has 0 N–H and O–H groups in total. The standard InChI is InChI=1S/C20H18N4O2/c1-12-6-2-5-9-15(12)20-23-22-18(25-20)14-10-16-17(13-7-3-4-8-13)24-26-19(16)21-11-14/h2,5-6,9-11,13H,3-4,7-8H2,1H3. The van der Waals surface area contributed by atoms with Crippen molar-refractivity contribution in [1.82, 2.24) is 20.3 Å². The maximum absolute atomic E-state index is 5.91. The summed E-state index contributed by atoms with van der Waals surface area (Å²) in [7, 11) is 0. The molecule has 3 heterocycles. The lowest BCUT2D eigenvalue weighted by Crippen LogP contribution is -1.93. The number of fused-ring (bicyclic) bond motifs is 1. The fourth-order valence-electron chi connectivity index (χ4n) is 3.72. The van der Waals surface area contributed by atoms with Crippen LogP contribution in [0.5, 0.6) is 0 Å². The number of pyridine rings is 1. The van der Waals surface area contributed by atoms with Crippen LogP contribution >= 0.6 is 0 Å². The summed E-state index contributed by atoms with van der Waals surface area (Å²) in [5.41, 5.74) is 4.39. The Morgan fingerprint density at radius 2 is 1.85 bits per heavy atom. The fourth-order valence-corrected chi connectivity index (χ4v) is 3.72. The normalized spacial score (nSPS) is 15.1. The van der Waals surface area contributed by atoms with Crippen molar-refractivity contribution in [2.45, 2.75) is 38.5 Å². The highest BCUT2D eigenvalue weighted by Crippen LogP contribution is 2.37. The van der Waals surface area contributed by atoms with Crippen molar-refractivity contribution >= 4 is 11.1 Å². The predicted molar refractivity (Wildman–Crippen MR) is 96.5 cm³/mol. The molecular weight excluding hydrogens is 328 g/mol. The van der Waals surface area contributed by atoms with Crippen molar-refractivity contribution in [2.75, 3.05) is 0 Å². The molecule has 6 heteroatoms. The van der Waals surface area contributed by atoms with Gasteiger partial charge in [-0.1, -0.05) is 36.2 Å². The zero-order valence-electron chi connectivity index (χ0n) is 14.5. The first kappa shape index (κ1) is 15.3. The van der Waals surface area contributed by atoms with Crippen molar-refractivity contribution in [3.05, 3.63) is 47.8 Å². The van der Waals surface area contributed by atoms with Crippen LogP contribution in [-0.2, 0) is 0 Å². The molecule has 0 saturated heterocycles. The van der Waals surface area contributed by atoms with E-state index in [4.69, 9.17) is 8.94 Å². The molecule has 1 aromatic carbocycles. The molecule has 1 aliphatic rings. The van der Waals surface area contributed by atoms with Gasteiger partial charge in [-0.3, -0.25) is 0 Å². The highest BCUT2D eigenvalue weighted by molar-refractivity contribution is 5.80. The van der Waals surface area contributed by atoms with Gasteiger partial charge in [0.2, 0.25) is 11.8 Å². The largest absolute Gasteiger partial charge is 0.416 e. The summed E-state index contributed by atoms with van der Waals surface area (Å²) in [5.74, 6) is 1.43. The molecule has 4 aromatic rings. The summed E-state index contributed by atoms with van der Waals surface area (Å²) >= 11 is 0. The van der Waals surface area contributed by atoms with Crippen molar-refractivity contribution in [3.8, 4) is 22.9 Å². The minimum absolute atomic E-state index is 0.455. The first-order valence-electron chi connectivity index (χ1n) is 8.95. The van der Waals surface area contributed by atoms with Crippen LogP contribution in [0.15, 0.2) is 45.5 Å². The van der Waals surface area contributed by atoms with Crippen LogP contribution in [0.1, 0.15) is 42.9 Å². The van der Waals surface area contributed by atoms with Crippen molar-refractivity contribution in [2.24, 2.45) is 0 Å². The van der Waals surface area contributed by atoms with Gasteiger partial charge in [-0.25, -0.2) is 4.98 Å². The third kappa shape index (κ3) is 2.49. The minimum Gasteiger partial charge on any atom is -0.416 e. The topological polar surface area (TPSA) is 77.8 Å². The average Bonchev–Trinajstić information content (AvgIpc) is 3.41. The Morgan fingerprint density at radius 1 is 1.04 bits per heavy atom. The molecule has 0 unspecified atom stereocenters. The third-order valence-corrected chi connectivity index (χ3v) is 5.15. The molecule has 130 valence electrons. The summed E-state index contributed by atoms with van der Waals surface area (Å²) in [5, 5.41) is 13.6. The van der Waals surface area contributed by atoms with Crippen LogP contribution in [0.2, 0.25) is 0 Å². The molecule has 0 aliphatic heterocycles. The maximum atomic E-state index is 5.91. The molecule has 0 atom stereocenters. The fraction of sp³-hybridized carbons (Fsp3) is 0.300. The highest BCUT2D eigenvalue weighted by Gasteiger charge is 2.24. The van der Waals surface area contributed by atoms with Gasteiger partial charge in [0.15, 0.2) is 0 Å². The monoisotopic (exact) mass is 346 g/mol. The van der Waals surface area contributed by atoms with Gasteiger partial charge >= 0.3 is 0 Å². The van der Waals surface area contributed by atoms with E-state index in [1.807, 2.05) is 37.3 Å². The molecule has 1 saturated carbocycles. The maximum Gasteiger partial charge on any atom is 0.257 e. The second-order valence-electron chi connectivity index (χ2n) is 6.85. The van der Waals surface area contributed by atoms with Crippen LogP contribution in [0, 0.1) is 6.92 Å². The van der Waals surface area contributed by atoms with E-state index in [0.29, 0.717) is 23.4 Å². The zero-order chi connectivity index (χ0) is 17.5. The summed E-state index contributed by atoms with van der Waals surface area (Å²) in [4.78, 5) is 4.39. The predicted octanol–water partition coefficient (Wildman–Crippen LogP) is 4.91. The smallest absolute Gasteiger partial charge is 0.257 e. The van der Waals surface area contributed by atoms with E-state index in [-0.39, 0.29) is 0 Å². The van der Waals surface area contributed by atoms with Crippen molar-refractivity contribution in [1.29, 1.82) is 0 Å². The number of aromatic nitrogens is 4. The molecule has 1 fully saturated rings. The SMILES string of the molecule is Cc1ccccc1-c1nnc(-c2cnc3onc(C4CCCC4)c3c2)o1. The molecule has 1 aliphatic carbocycles. The highest BCUT2D eigenvalue weighted by atomic mass is 16.5. The number of benzene rings is 1. The first-order chi connectivity index (χ1) is 12.8. The van der Waals surface area contributed by atoms with E-state index >= 15 is 0 Å². The van der Waals surface area contributed by atoms with E-state index in [9.17, 15) is 0 Å². The lowest BCUT2D eigenvalue weighted by atomic mass is 10.0. The molecule has 6 nitrogen and oxygen atoms in total. The van der Waals surface area contributed by atoms with Crippen molar-refractivity contribution in [3.63, 3.8) is 0 Å². The van der Waals surface area contributed by atoms with E-state index in [1.54, 1.807) is 6.20 Å². The average molecular weight is 346 g/mol. The summed E-state index contributed by atoms with van der Waals surface area (Å²) in [6.07, 6.45) is 6.50. The molecule has 5 rings (SSSR count). The van der Waals surface area contributed by atoms with Crippen LogP contribution < -0.4 is 0 Å². The second kappa shape index (κ2) is 6.05. The van der Waals surface area contributed by atoms with Gasteiger partial charge in [0.25, 0.3) is 5.71 Å². The number of hydrogen-bond donors (Lipinski definition) is 0. The molecule has 0 radical (unpaired) electrons. The van der Waals surface area contributed by atoms with Crippen LogP contribution in [0.25, 0.3) is 34.0 Å².